The number of sulfonamides is 1. The second kappa shape index (κ2) is 12.1. The number of methoxy groups -OCH3 is 1. The number of likely N-dealkylation sites (tertiary alicyclic amines) is 2. The van der Waals surface area contributed by atoms with Gasteiger partial charge in [0.25, 0.3) is 5.56 Å². The molecule has 2 amide bonds. The summed E-state index contributed by atoms with van der Waals surface area (Å²) in [6.45, 7) is 0.967. The van der Waals surface area contributed by atoms with E-state index in [-0.39, 0.29) is 41.2 Å². The molecule has 1 aromatic heterocycles. The van der Waals surface area contributed by atoms with Gasteiger partial charge in [0.05, 0.1) is 18.6 Å². The third kappa shape index (κ3) is 5.80. The molecular formula is C31H33BrN4O7S. The Morgan fingerprint density at radius 2 is 1.80 bits per heavy atom. The topological polar surface area (TPSA) is 126 Å². The summed E-state index contributed by atoms with van der Waals surface area (Å²) in [6, 6.07) is 14.2. The van der Waals surface area contributed by atoms with Crippen LogP contribution in [0, 0.1) is 5.92 Å². The van der Waals surface area contributed by atoms with Crippen molar-refractivity contribution in [2.24, 2.45) is 5.92 Å². The molecule has 13 heteroatoms. The van der Waals surface area contributed by atoms with Gasteiger partial charge in [-0.2, -0.15) is 4.31 Å². The first-order chi connectivity index (χ1) is 21.0. The van der Waals surface area contributed by atoms with Crippen LogP contribution in [0.15, 0.2) is 68.8 Å². The first kappa shape index (κ1) is 30.5. The van der Waals surface area contributed by atoms with E-state index in [1.54, 1.807) is 39.8 Å². The minimum Gasteiger partial charge on any atom is -0.468 e. The number of aromatic nitrogens is 1. The van der Waals surface area contributed by atoms with Crippen molar-refractivity contribution in [2.45, 2.75) is 42.7 Å². The smallest absolute Gasteiger partial charge is 0.321 e. The molecule has 0 spiro atoms. The molecule has 3 aliphatic rings. The van der Waals surface area contributed by atoms with Crippen molar-refractivity contribution in [1.29, 1.82) is 0 Å². The number of esters is 1. The monoisotopic (exact) mass is 684 g/mol. The summed E-state index contributed by atoms with van der Waals surface area (Å²) in [5.41, 5.74) is 0.885. The van der Waals surface area contributed by atoms with Gasteiger partial charge in [-0.3, -0.25) is 19.2 Å². The Morgan fingerprint density at radius 3 is 2.59 bits per heavy atom. The second-order valence-electron chi connectivity index (χ2n) is 11.7. The number of nitrogens with zero attached hydrogens (tertiary/aromatic N) is 4. The van der Waals surface area contributed by atoms with Crippen LogP contribution in [0.4, 0.5) is 0 Å². The molecule has 3 atom stereocenters. The first-order valence-corrected chi connectivity index (χ1v) is 16.8. The summed E-state index contributed by atoms with van der Waals surface area (Å²) in [6.07, 6.45) is 1.56. The van der Waals surface area contributed by atoms with Crippen LogP contribution in [0.25, 0.3) is 10.8 Å². The summed E-state index contributed by atoms with van der Waals surface area (Å²) >= 11 is 3.42. The highest BCUT2D eigenvalue weighted by molar-refractivity contribution is 9.10. The summed E-state index contributed by atoms with van der Waals surface area (Å²) in [7, 11) is -3.14. The van der Waals surface area contributed by atoms with Crippen LogP contribution in [0.5, 0.6) is 0 Å². The number of carbonyl (C=O) groups is 3. The van der Waals surface area contributed by atoms with Crippen molar-refractivity contribution in [3.63, 3.8) is 0 Å². The van der Waals surface area contributed by atoms with Gasteiger partial charge in [-0.1, -0.05) is 34.1 Å². The fourth-order valence-corrected chi connectivity index (χ4v) is 8.72. The van der Waals surface area contributed by atoms with Crippen molar-refractivity contribution < 1.29 is 27.5 Å². The number of hydrogen-bond donors (Lipinski definition) is 0. The Morgan fingerprint density at radius 1 is 1.02 bits per heavy atom. The van der Waals surface area contributed by atoms with Gasteiger partial charge in [0, 0.05) is 48.3 Å². The summed E-state index contributed by atoms with van der Waals surface area (Å²) in [5.74, 6) is -1.36. The molecule has 3 aliphatic heterocycles. The van der Waals surface area contributed by atoms with Crippen LogP contribution in [0.2, 0.25) is 0 Å². The van der Waals surface area contributed by atoms with Crippen molar-refractivity contribution >= 4 is 54.5 Å². The van der Waals surface area contributed by atoms with Gasteiger partial charge in [0.15, 0.2) is 0 Å². The van der Waals surface area contributed by atoms with Gasteiger partial charge in [-0.25, -0.2) is 8.42 Å². The molecular weight excluding hydrogens is 652 g/mol. The molecule has 0 saturated carbocycles. The number of halogens is 1. The predicted molar refractivity (Wildman–Crippen MR) is 165 cm³/mol. The SMILES string of the molecule is COC(=O)CN([C@H]1CCCN(CC(=O)N2CC3C[C@@H](C2)Cn2c3cccc2=O)C1=O)S(=O)(=O)c1ccc2cc(Br)ccc2c1. The fraction of sp³-hybridized carbons (Fsp3) is 0.419. The van der Waals surface area contributed by atoms with E-state index in [2.05, 4.69) is 15.9 Å². The molecule has 2 bridgehead atoms. The van der Waals surface area contributed by atoms with Gasteiger partial charge >= 0.3 is 5.97 Å². The van der Waals surface area contributed by atoms with E-state index in [4.69, 9.17) is 4.74 Å². The molecule has 0 radical (unpaired) electrons. The largest absolute Gasteiger partial charge is 0.468 e. The number of hydrogen-bond acceptors (Lipinski definition) is 7. The lowest BCUT2D eigenvalue weighted by Gasteiger charge is -2.43. The van der Waals surface area contributed by atoms with Gasteiger partial charge in [-0.05, 0) is 66.3 Å². The van der Waals surface area contributed by atoms with E-state index < -0.39 is 34.5 Å². The Labute approximate surface area is 263 Å². The first-order valence-electron chi connectivity index (χ1n) is 14.6. The molecule has 0 N–H and O–H groups in total. The van der Waals surface area contributed by atoms with Crippen LogP contribution >= 0.6 is 15.9 Å². The zero-order valence-electron chi connectivity index (χ0n) is 24.2. The van der Waals surface area contributed by atoms with Gasteiger partial charge in [0.2, 0.25) is 21.8 Å². The Balaban J connectivity index is 1.22. The predicted octanol–water partition coefficient (Wildman–Crippen LogP) is 2.56. The second-order valence-corrected chi connectivity index (χ2v) is 14.5. The number of fused-ring (bicyclic) bond motifs is 5. The molecule has 2 fully saturated rings. The maximum Gasteiger partial charge on any atom is 0.321 e. The Bertz CT molecular complexity index is 1810. The summed E-state index contributed by atoms with van der Waals surface area (Å²) in [4.78, 5) is 55.3. The fourth-order valence-electron chi connectivity index (χ4n) is 6.75. The highest BCUT2D eigenvalue weighted by Crippen LogP contribution is 2.35. The van der Waals surface area contributed by atoms with Gasteiger partial charge in [0.1, 0.15) is 12.6 Å². The molecule has 44 heavy (non-hydrogen) atoms. The highest BCUT2D eigenvalue weighted by Gasteiger charge is 2.43. The quantitative estimate of drug-likeness (QED) is 0.350. The molecule has 232 valence electrons. The minimum absolute atomic E-state index is 0.0360. The van der Waals surface area contributed by atoms with Gasteiger partial charge in [-0.15, -0.1) is 0 Å². The van der Waals surface area contributed by atoms with Crippen molar-refractivity contribution in [3.8, 4) is 0 Å². The molecule has 6 rings (SSSR count). The summed E-state index contributed by atoms with van der Waals surface area (Å²) < 4.78 is 36.3. The third-order valence-electron chi connectivity index (χ3n) is 8.90. The zero-order valence-corrected chi connectivity index (χ0v) is 26.6. The molecule has 2 saturated heterocycles. The van der Waals surface area contributed by atoms with E-state index in [1.165, 1.54) is 17.0 Å². The van der Waals surface area contributed by atoms with Crippen LogP contribution < -0.4 is 5.56 Å². The zero-order chi connectivity index (χ0) is 31.2. The number of benzene rings is 2. The van der Waals surface area contributed by atoms with Crippen LogP contribution in [-0.4, -0.2) is 90.7 Å². The molecule has 0 aliphatic carbocycles. The minimum atomic E-state index is -4.30. The Kier molecular flexibility index (Phi) is 8.38. The highest BCUT2D eigenvalue weighted by atomic mass is 79.9. The number of amides is 2. The maximum absolute atomic E-state index is 14.0. The average molecular weight is 686 g/mol. The molecule has 2 aromatic carbocycles. The lowest BCUT2D eigenvalue weighted by molar-refractivity contribution is -0.148. The molecule has 11 nitrogen and oxygen atoms in total. The van der Waals surface area contributed by atoms with Crippen LogP contribution in [-0.2, 0) is 35.7 Å². The molecule has 3 aromatic rings. The average Bonchev–Trinajstić information content (AvgIpc) is 3.01. The lowest BCUT2D eigenvalue weighted by Crippen LogP contribution is -2.58. The van der Waals surface area contributed by atoms with Crippen molar-refractivity contribution in [2.75, 3.05) is 39.8 Å². The van der Waals surface area contributed by atoms with E-state index >= 15 is 0 Å². The van der Waals surface area contributed by atoms with E-state index in [0.29, 0.717) is 38.0 Å². The number of carbonyl (C=O) groups excluding carboxylic acids is 3. The number of ether oxygens (including phenoxy) is 1. The van der Waals surface area contributed by atoms with E-state index in [1.807, 2.05) is 12.1 Å². The number of rotatable bonds is 7. The van der Waals surface area contributed by atoms with Crippen molar-refractivity contribution in [3.05, 3.63) is 75.1 Å². The summed E-state index contributed by atoms with van der Waals surface area (Å²) in [5, 5.41) is 1.52. The lowest BCUT2D eigenvalue weighted by atomic mass is 9.83. The van der Waals surface area contributed by atoms with Crippen molar-refractivity contribution in [1.82, 2.24) is 18.7 Å². The maximum atomic E-state index is 14.0. The van der Waals surface area contributed by atoms with Crippen LogP contribution in [0.3, 0.4) is 0 Å². The van der Waals surface area contributed by atoms with Crippen LogP contribution in [0.1, 0.15) is 30.9 Å². The normalized spacial score (nSPS) is 21.8. The Hall–Kier alpha value is -3.55. The molecule has 1 unspecified atom stereocenters. The third-order valence-corrected chi connectivity index (χ3v) is 11.2. The van der Waals surface area contributed by atoms with E-state index in [9.17, 15) is 27.6 Å². The number of pyridine rings is 1. The standard InChI is InChI=1S/C31H33BrN4O7S/c1-43-30(39)19-36(44(41,42)25-10-8-21-13-24(32)9-7-22(21)14-25)27-5-3-11-33(31(27)40)18-29(38)34-15-20-12-23(17-34)26-4-2-6-28(37)35(26)16-20/h2,4,6-10,13-14,20,23,27H,3,5,11-12,15-19H2,1H3/t20-,23?,27-/m0/s1. The van der Waals surface area contributed by atoms with E-state index in [0.717, 1.165) is 33.4 Å². The number of piperidine rings is 2. The molecule has 4 heterocycles. The van der Waals surface area contributed by atoms with Gasteiger partial charge < -0.3 is 19.1 Å².